The van der Waals surface area contributed by atoms with Crippen molar-refractivity contribution >= 4 is 10.0 Å². The third kappa shape index (κ3) is 2.68. The Morgan fingerprint density at radius 1 is 1.35 bits per heavy atom. The number of hydrogen-bond acceptors (Lipinski definition) is 3. The molecule has 4 nitrogen and oxygen atoms in total. The predicted octanol–water partition coefficient (Wildman–Crippen LogP) is 1.09. The van der Waals surface area contributed by atoms with Crippen LogP contribution >= 0.6 is 0 Å². The first kappa shape index (κ1) is 12.5. The van der Waals surface area contributed by atoms with Crippen LogP contribution in [0.1, 0.15) is 19.8 Å². The predicted molar refractivity (Wildman–Crippen MR) is 66.9 cm³/mol. The van der Waals surface area contributed by atoms with Crippen molar-refractivity contribution in [3.63, 3.8) is 0 Å². The second-order valence-electron chi connectivity index (χ2n) is 4.81. The summed E-state index contributed by atoms with van der Waals surface area (Å²) in [5.41, 5.74) is 5.19. The maximum atomic E-state index is 12.2. The van der Waals surface area contributed by atoms with Crippen LogP contribution in [0.5, 0.6) is 0 Å². The van der Waals surface area contributed by atoms with Crippen LogP contribution in [0, 0.1) is 5.92 Å². The molecule has 3 N–H and O–H groups in total. The highest BCUT2D eigenvalue weighted by atomic mass is 32.2. The summed E-state index contributed by atoms with van der Waals surface area (Å²) < 4.78 is 27.1. The van der Waals surface area contributed by atoms with Crippen LogP contribution in [0.25, 0.3) is 0 Å². The molecule has 1 aliphatic carbocycles. The van der Waals surface area contributed by atoms with Crippen LogP contribution in [-0.4, -0.2) is 20.5 Å². The van der Waals surface area contributed by atoms with E-state index in [1.54, 1.807) is 30.3 Å². The fraction of sp³-hybridized carbons (Fsp3) is 0.500. The lowest BCUT2D eigenvalue weighted by Crippen LogP contribution is -2.52. The van der Waals surface area contributed by atoms with E-state index >= 15 is 0 Å². The summed E-state index contributed by atoms with van der Waals surface area (Å²) in [4.78, 5) is 0.292. The highest BCUT2D eigenvalue weighted by molar-refractivity contribution is 7.89. The molecule has 1 aromatic carbocycles. The average molecular weight is 254 g/mol. The highest BCUT2D eigenvalue weighted by Crippen LogP contribution is 2.39. The number of sulfonamides is 1. The summed E-state index contributed by atoms with van der Waals surface area (Å²) in [5, 5.41) is 0. The van der Waals surface area contributed by atoms with Gasteiger partial charge in [-0.15, -0.1) is 0 Å². The van der Waals surface area contributed by atoms with Crippen molar-refractivity contribution in [2.75, 3.05) is 6.54 Å². The first-order chi connectivity index (χ1) is 7.98. The third-order valence-electron chi connectivity index (χ3n) is 3.32. The molecule has 0 heterocycles. The van der Waals surface area contributed by atoms with Crippen molar-refractivity contribution in [3.8, 4) is 0 Å². The van der Waals surface area contributed by atoms with E-state index in [0.717, 1.165) is 12.8 Å². The van der Waals surface area contributed by atoms with Gasteiger partial charge in [-0.25, -0.2) is 13.1 Å². The first-order valence-electron chi connectivity index (χ1n) is 5.77. The molecule has 0 amide bonds. The van der Waals surface area contributed by atoms with Gasteiger partial charge in [0.05, 0.1) is 4.90 Å². The molecule has 0 spiro atoms. The average Bonchev–Trinajstić information content (AvgIpc) is 3.14. The summed E-state index contributed by atoms with van der Waals surface area (Å²) in [6.07, 6.45) is 2.09. The number of benzene rings is 1. The fourth-order valence-corrected chi connectivity index (χ4v) is 3.47. The zero-order valence-electron chi connectivity index (χ0n) is 9.89. The normalized spacial score (nSPS) is 19.9. The van der Waals surface area contributed by atoms with Gasteiger partial charge in [0.15, 0.2) is 0 Å². The molecular formula is C12H18N2O2S. The van der Waals surface area contributed by atoms with Gasteiger partial charge in [0.2, 0.25) is 10.0 Å². The van der Waals surface area contributed by atoms with Crippen LogP contribution < -0.4 is 10.5 Å². The lowest BCUT2D eigenvalue weighted by Gasteiger charge is -2.29. The van der Waals surface area contributed by atoms with E-state index < -0.39 is 15.6 Å². The van der Waals surface area contributed by atoms with Crippen LogP contribution in [0.3, 0.4) is 0 Å². The number of nitrogens with two attached hydrogens (primary N) is 1. The first-order valence-corrected chi connectivity index (χ1v) is 7.25. The minimum absolute atomic E-state index is 0.292. The molecule has 1 atom stereocenters. The van der Waals surface area contributed by atoms with Crippen LogP contribution in [0.4, 0.5) is 0 Å². The van der Waals surface area contributed by atoms with Gasteiger partial charge in [-0.1, -0.05) is 18.2 Å². The van der Waals surface area contributed by atoms with Crippen LogP contribution in [-0.2, 0) is 10.0 Å². The molecule has 0 saturated heterocycles. The quantitative estimate of drug-likeness (QED) is 0.826. The molecule has 17 heavy (non-hydrogen) atoms. The molecule has 1 aliphatic rings. The van der Waals surface area contributed by atoms with E-state index in [4.69, 9.17) is 5.73 Å². The lowest BCUT2D eigenvalue weighted by molar-refractivity contribution is 0.374. The van der Waals surface area contributed by atoms with Gasteiger partial charge < -0.3 is 5.73 Å². The molecule has 0 aromatic heterocycles. The Balaban J connectivity index is 2.23. The Morgan fingerprint density at radius 2 is 1.94 bits per heavy atom. The molecule has 2 rings (SSSR count). The number of rotatable bonds is 5. The van der Waals surface area contributed by atoms with E-state index in [1.807, 2.05) is 6.92 Å². The summed E-state index contributed by atoms with van der Waals surface area (Å²) >= 11 is 0. The van der Waals surface area contributed by atoms with Crippen LogP contribution in [0.2, 0.25) is 0 Å². The molecule has 5 heteroatoms. The highest BCUT2D eigenvalue weighted by Gasteiger charge is 2.43. The van der Waals surface area contributed by atoms with Crippen molar-refractivity contribution in [2.24, 2.45) is 11.7 Å². The van der Waals surface area contributed by atoms with Gasteiger partial charge in [0, 0.05) is 12.1 Å². The zero-order valence-corrected chi connectivity index (χ0v) is 10.7. The van der Waals surface area contributed by atoms with E-state index in [1.165, 1.54) is 0 Å². The Morgan fingerprint density at radius 3 is 2.41 bits per heavy atom. The molecule has 94 valence electrons. The smallest absolute Gasteiger partial charge is 0.241 e. The maximum absolute atomic E-state index is 12.2. The Hall–Kier alpha value is -0.910. The van der Waals surface area contributed by atoms with Gasteiger partial charge in [0.1, 0.15) is 0 Å². The van der Waals surface area contributed by atoms with Gasteiger partial charge >= 0.3 is 0 Å². The second kappa shape index (κ2) is 4.40. The van der Waals surface area contributed by atoms with Gasteiger partial charge in [-0.05, 0) is 37.8 Å². The van der Waals surface area contributed by atoms with Crippen molar-refractivity contribution < 1.29 is 8.42 Å². The fourth-order valence-electron chi connectivity index (χ4n) is 1.98. The molecule has 0 bridgehead atoms. The van der Waals surface area contributed by atoms with Crippen molar-refractivity contribution in [2.45, 2.75) is 30.2 Å². The zero-order chi connectivity index (χ0) is 12.5. The minimum Gasteiger partial charge on any atom is -0.329 e. The van der Waals surface area contributed by atoms with Gasteiger partial charge in [-0.3, -0.25) is 0 Å². The summed E-state index contributed by atoms with van der Waals surface area (Å²) in [5.74, 6) is 0.367. The Bertz CT molecular complexity index is 482. The van der Waals surface area contributed by atoms with E-state index in [-0.39, 0.29) is 0 Å². The topological polar surface area (TPSA) is 72.2 Å². The Labute approximate surface area is 102 Å². The SMILES string of the molecule is CC(CN)(NS(=O)(=O)c1ccccc1)C1CC1. The Kier molecular flexibility index (Phi) is 3.25. The molecule has 1 fully saturated rings. The molecule has 1 aromatic rings. The van der Waals surface area contributed by atoms with Crippen molar-refractivity contribution in [1.82, 2.24) is 4.72 Å². The third-order valence-corrected chi connectivity index (χ3v) is 4.95. The van der Waals surface area contributed by atoms with Crippen molar-refractivity contribution in [3.05, 3.63) is 30.3 Å². The van der Waals surface area contributed by atoms with Crippen molar-refractivity contribution in [1.29, 1.82) is 0 Å². The van der Waals surface area contributed by atoms with E-state index in [0.29, 0.717) is 17.4 Å². The lowest BCUT2D eigenvalue weighted by atomic mass is 9.98. The van der Waals surface area contributed by atoms with E-state index in [2.05, 4.69) is 4.72 Å². The van der Waals surface area contributed by atoms with Crippen LogP contribution in [0.15, 0.2) is 35.2 Å². The minimum atomic E-state index is -3.47. The van der Waals surface area contributed by atoms with E-state index in [9.17, 15) is 8.42 Å². The monoisotopic (exact) mass is 254 g/mol. The standard InChI is InChI=1S/C12H18N2O2S/c1-12(9-13,10-7-8-10)14-17(15,16)11-5-3-2-4-6-11/h2-6,10,14H,7-9,13H2,1H3. The number of nitrogens with one attached hydrogen (secondary N) is 1. The van der Waals surface area contributed by atoms with Gasteiger partial charge in [-0.2, -0.15) is 0 Å². The van der Waals surface area contributed by atoms with Gasteiger partial charge in [0.25, 0.3) is 0 Å². The summed E-state index contributed by atoms with van der Waals surface area (Å²) in [6.45, 7) is 2.20. The summed E-state index contributed by atoms with van der Waals surface area (Å²) in [7, 11) is -3.47. The molecule has 0 radical (unpaired) electrons. The summed E-state index contributed by atoms with van der Waals surface area (Å²) in [6, 6.07) is 8.40. The second-order valence-corrected chi connectivity index (χ2v) is 6.50. The largest absolute Gasteiger partial charge is 0.329 e. The molecule has 1 saturated carbocycles. The molecular weight excluding hydrogens is 236 g/mol. The number of hydrogen-bond donors (Lipinski definition) is 2. The molecule has 0 aliphatic heterocycles. The maximum Gasteiger partial charge on any atom is 0.241 e. The molecule has 1 unspecified atom stereocenters.